The maximum absolute atomic E-state index is 15.0. The van der Waals surface area contributed by atoms with Crippen LogP contribution >= 0.6 is 15.9 Å². The zero-order valence-electron chi connectivity index (χ0n) is 17.6. The summed E-state index contributed by atoms with van der Waals surface area (Å²) in [6.45, 7) is 1.75. The summed E-state index contributed by atoms with van der Waals surface area (Å²) in [5.41, 5.74) is -0.429. The Kier molecular flexibility index (Phi) is 5.57. The van der Waals surface area contributed by atoms with Crippen LogP contribution in [0.15, 0.2) is 10.5 Å². The minimum Gasteiger partial charge on any atom is -0.463 e. The molecule has 2 aliphatic carbocycles. The standard InChI is InChI=1S/C21H24BrF2N3O4S/c1-32(28,29)31-11-21(4-5-21)10-30-20-25-18-14(7-15(23)16(22)17(18)24)19(26-20)27-8-12-2-3-13(6-12)9-27/h7,12-13H,2-6,8-11H2,1H3. The number of rotatable bonds is 7. The highest BCUT2D eigenvalue weighted by molar-refractivity contribution is 9.10. The van der Waals surface area contributed by atoms with Crippen molar-refractivity contribution in [3.05, 3.63) is 22.2 Å². The molecule has 2 atom stereocenters. The van der Waals surface area contributed by atoms with Crippen LogP contribution in [0, 0.1) is 28.9 Å². The summed E-state index contributed by atoms with van der Waals surface area (Å²) in [5, 5.41) is 0.318. The number of ether oxygens (including phenoxy) is 1. The normalized spacial score (nSPS) is 24.2. The Balaban J connectivity index is 1.47. The fraction of sp³-hybridized carbons (Fsp3) is 0.619. The highest BCUT2D eigenvalue weighted by atomic mass is 79.9. The van der Waals surface area contributed by atoms with E-state index in [9.17, 15) is 17.2 Å². The molecule has 1 aromatic carbocycles. The molecule has 0 amide bonds. The molecule has 32 heavy (non-hydrogen) atoms. The summed E-state index contributed by atoms with van der Waals surface area (Å²) < 4.78 is 62.5. The van der Waals surface area contributed by atoms with Gasteiger partial charge in [0.2, 0.25) is 0 Å². The highest BCUT2D eigenvalue weighted by Crippen LogP contribution is 2.46. The summed E-state index contributed by atoms with van der Waals surface area (Å²) in [5.74, 6) is 0.0785. The summed E-state index contributed by atoms with van der Waals surface area (Å²) >= 11 is 2.96. The van der Waals surface area contributed by atoms with Crippen molar-refractivity contribution in [2.24, 2.45) is 17.3 Å². The zero-order chi connectivity index (χ0) is 22.7. The van der Waals surface area contributed by atoms with Gasteiger partial charge in [0, 0.05) is 23.9 Å². The molecule has 7 nitrogen and oxygen atoms in total. The van der Waals surface area contributed by atoms with Crippen LogP contribution in [-0.2, 0) is 14.3 Å². The van der Waals surface area contributed by atoms with Gasteiger partial charge in [0.25, 0.3) is 10.1 Å². The summed E-state index contributed by atoms with van der Waals surface area (Å²) in [6, 6.07) is 1.26. The number of halogens is 3. The molecular weight excluding hydrogens is 508 g/mol. The Morgan fingerprint density at radius 1 is 1.19 bits per heavy atom. The van der Waals surface area contributed by atoms with Crippen molar-refractivity contribution in [2.45, 2.75) is 32.1 Å². The number of aromatic nitrogens is 2. The third kappa shape index (κ3) is 4.43. The molecule has 2 bridgehead atoms. The topological polar surface area (TPSA) is 81.6 Å². The first-order valence-corrected chi connectivity index (χ1v) is 13.3. The fourth-order valence-corrected chi connectivity index (χ4v) is 5.55. The van der Waals surface area contributed by atoms with Crippen LogP contribution in [0.5, 0.6) is 6.01 Å². The molecule has 0 spiro atoms. The van der Waals surface area contributed by atoms with Gasteiger partial charge in [-0.25, -0.2) is 8.78 Å². The van der Waals surface area contributed by atoms with Gasteiger partial charge in [-0.15, -0.1) is 0 Å². The Bertz CT molecular complexity index is 1160. The molecular formula is C21H24BrF2N3O4S. The Hall–Kier alpha value is -1.59. The number of benzene rings is 1. The van der Waals surface area contributed by atoms with Crippen LogP contribution in [0.25, 0.3) is 10.9 Å². The molecule has 3 fully saturated rings. The van der Waals surface area contributed by atoms with Crippen LogP contribution in [-0.4, -0.2) is 50.9 Å². The molecule has 174 valence electrons. The third-order valence-corrected chi connectivity index (χ3v) is 8.01. The molecule has 2 aromatic rings. The van der Waals surface area contributed by atoms with E-state index in [0.29, 0.717) is 23.0 Å². The van der Waals surface area contributed by atoms with Gasteiger partial charge in [-0.05, 0) is 65.9 Å². The molecule has 2 saturated carbocycles. The van der Waals surface area contributed by atoms with E-state index in [1.807, 2.05) is 0 Å². The molecule has 0 N–H and O–H groups in total. The summed E-state index contributed by atoms with van der Waals surface area (Å²) in [7, 11) is -3.55. The van der Waals surface area contributed by atoms with Crippen molar-refractivity contribution in [2.75, 3.05) is 37.5 Å². The van der Waals surface area contributed by atoms with Gasteiger partial charge in [0.05, 0.1) is 23.9 Å². The van der Waals surface area contributed by atoms with Crippen molar-refractivity contribution in [3.63, 3.8) is 0 Å². The van der Waals surface area contributed by atoms with E-state index in [-0.39, 0.29) is 29.2 Å². The van der Waals surface area contributed by atoms with Crippen LogP contribution in [0.3, 0.4) is 0 Å². The number of hydrogen-bond donors (Lipinski definition) is 0. The maximum Gasteiger partial charge on any atom is 0.319 e. The van der Waals surface area contributed by atoms with Crippen molar-refractivity contribution in [1.29, 1.82) is 0 Å². The average molecular weight is 532 g/mol. The van der Waals surface area contributed by atoms with Crippen molar-refractivity contribution >= 4 is 42.8 Å². The molecule has 1 saturated heterocycles. The molecule has 2 unspecified atom stereocenters. The lowest BCUT2D eigenvalue weighted by Crippen LogP contribution is -2.37. The zero-order valence-corrected chi connectivity index (χ0v) is 20.0. The molecule has 0 radical (unpaired) electrons. The second kappa shape index (κ2) is 8.02. The lowest BCUT2D eigenvalue weighted by molar-refractivity contribution is 0.157. The molecule has 5 rings (SSSR count). The molecule has 2 heterocycles. The highest BCUT2D eigenvalue weighted by Gasteiger charge is 2.45. The van der Waals surface area contributed by atoms with Gasteiger partial charge >= 0.3 is 6.01 Å². The number of hydrogen-bond acceptors (Lipinski definition) is 7. The molecule has 3 aliphatic rings. The smallest absolute Gasteiger partial charge is 0.319 e. The predicted octanol–water partition coefficient (Wildman–Crippen LogP) is 4.04. The van der Waals surface area contributed by atoms with E-state index in [1.54, 1.807) is 0 Å². The van der Waals surface area contributed by atoms with Gasteiger partial charge in [0.15, 0.2) is 5.82 Å². The Morgan fingerprint density at radius 2 is 1.88 bits per heavy atom. The quantitative estimate of drug-likeness (QED) is 0.393. The number of piperidine rings is 1. The van der Waals surface area contributed by atoms with Gasteiger partial charge in [-0.2, -0.15) is 18.4 Å². The van der Waals surface area contributed by atoms with Crippen molar-refractivity contribution < 1.29 is 26.1 Å². The van der Waals surface area contributed by atoms with Crippen LogP contribution in [0.1, 0.15) is 32.1 Å². The number of fused-ring (bicyclic) bond motifs is 3. The first kappa shape index (κ1) is 22.2. The maximum atomic E-state index is 15.0. The van der Waals surface area contributed by atoms with Gasteiger partial charge in [-0.3, -0.25) is 4.18 Å². The first-order valence-electron chi connectivity index (χ1n) is 10.7. The van der Waals surface area contributed by atoms with E-state index in [0.717, 1.165) is 45.0 Å². The van der Waals surface area contributed by atoms with E-state index >= 15 is 0 Å². The van der Waals surface area contributed by atoms with Gasteiger partial charge in [-0.1, -0.05) is 0 Å². The van der Waals surface area contributed by atoms with Crippen molar-refractivity contribution in [1.82, 2.24) is 9.97 Å². The predicted molar refractivity (Wildman–Crippen MR) is 118 cm³/mol. The molecule has 11 heteroatoms. The second-order valence-corrected chi connectivity index (χ2v) is 11.9. The third-order valence-electron chi connectivity index (χ3n) is 6.74. The second-order valence-electron chi connectivity index (χ2n) is 9.42. The van der Waals surface area contributed by atoms with E-state index in [2.05, 4.69) is 30.8 Å². The van der Waals surface area contributed by atoms with Gasteiger partial charge in [0.1, 0.15) is 17.2 Å². The number of nitrogens with zero attached hydrogens (tertiary/aromatic N) is 3. The molecule has 1 aliphatic heterocycles. The monoisotopic (exact) mass is 531 g/mol. The van der Waals surface area contributed by atoms with Gasteiger partial charge < -0.3 is 9.64 Å². The van der Waals surface area contributed by atoms with Crippen LogP contribution < -0.4 is 9.64 Å². The lowest BCUT2D eigenvalue weighted by atomic mass is 9.98. The van der Waals surface area contributed by atoms with E-state index < -0.39 is 27.2 Å². The van der Waals surface area contributed by atoms with Crippen LogP contribution in [0.4, 0.5) is 14.6 Å². The summed E-state index contributed by atoms with van der Waals surface area (Å²) in [4.78, 5) is 10.9. The minimum atomic E-state index is -3.55. The average Bonchev–Trinajstić information content (AvgIpc) is 3.45. The fourth-order valence-electron chi connectivity index (χ4n) is 4.78. The molecule has 1 aromatic heterocycles. The van der Waals surface area contributed by atoms with Crippen molar-refractivity contribution in [3.8, 4) is 6.01 Å². The first-order chi connectivity index (χ1) is 15.1. The largest absolute Gasteiger partial charge is 0.463 e. The Labute approximate surface area is 193 Å². The SMILES string of the molecule is CS(=O)(=O)OCC1(COc2nc(N3CC4CCC(C4)C3)c3cc(F)c(Br)c(F)c3n2)CC1. The summed E-state index contributed by atoms with van der Waals surface area (Å²) in [6.07, 6.45) is 6.01. The lowest BCUT2D eigenvalue weighted by Gasteiger charge is -2.33. The Morgan fingerprint density at radius 3 is 2.50 bits per heavy atom. The minimum absolute atomic E-state index is 0.00606. The van der Waals surface area contributed by atoms with E-state index in [1.165, 1.54) is 12.5 Å². The number of anilines is 1. The van der Waals surface area contributed by atoms with E-state index in [4.69, 9.17) is 8.92 Å². The van der Waals surface area contributed by atoms with Crippen LogP contribution in [0.2, 0.25) is 0 Å².